The van der Waals surface area contributed by atoms with Crippen molar-refractivity contribution < 1.29 is 22.5 Å². The molecular weight excluding hydrogens is 375 g/mol. The molecule has 2 aromatic rings. The lowest BCUT2D eigenvalue weighted by molar-refractivity contribution is -0.384. The van der Waals surface area contributed by atoms with Gasteiger partial charge in [-0.25, -0.2) is 17.6 Å². The van der Waals surface area contributed by atoms with Crippen molar-refractivity contribution in [2.45, 2.75) is 12.9 Å². The molecule has 0 aromatic heterocycles. The van der Waals surface area contributed by atoms with Crippen LogP contribution >= 0.6 is 23.2 Å². The highest BCUT2D eigenvalue weighted by Gasteiger charge is 2.20. The van der Waals surface area contributed by atoms with Crippen LogP contribution in [-0.2, 0) is 0 Å². The fraction of sp³-hybridized carbons (Fsp3) is 0.143. The first-order chi connectivity index (χ1) is 11.2. The number of nitro groups is 1. The van der Waals surface area contributed by atoms with Crippen molar-refractivity contribution in [1.82, 2.24) is 0 Å². The Morgan fingerprint density at radius 1 is 0.917 bits per heavy atom. The van der Waals surface area contributed by atoms with Crippen LogP contribution in [0.4, 0.5) is 28.9 Å². The SMILES string of the molecule is Nc1cccc(C(F)F)c1Cl.O=[N+]([O-])c1cccc(C(F)F)c1Cl. The summed E-state index contributed by atoms with van der Waals surface area (Å²) in [6, 6.07) is 7.49. The molecule has 0 heterocycles. The van der Waals surface area contributed by atoms with Crippen molar-refractivity contribution in [2.24, 2.45) is 0 Å². The number of nitrogens with two attached hydrogens (primary N) is 1. The second kappa shape index (κ2) is 8.70. The van der Waals surface area contributed by atoms with E-state index in [0.717, 1.165) is 12.1 Å². The first-order valence-corrected chi connectivity index (χ1v) is 6.95. The van der Waals surface area contributed by atoms with E-state index >= 15 is 0 Å². The molecule has 2 aromatic carbocycles. The van der Waals surface area contributed by atoms with Gasteiger partial charge >= 0.3 is 0 Å². The molecule has 130 valence electrons. The molecule has 0 amide bonds. The van der Waals surface area contributed by atoms with Crippen molar-refractivity contribution in [3.05, 3.63) is 67.7 Å². The largest absolute Gasteiger partial charge is 0.398 e. The van der Waals surface area contributed by atoms with Gasteiger partial charge in [0.1, 0.15) is 5.02 Å². The summed E-state index contributed by atoms with van der Waals surface area (Å²) >= 11 is 10.9. The fourth-order valence-electron chi connectivity index (χ4n) is 1.58. The van der Waals surface area contributed by atoms with Gasteiger partial charge in [0.2, 0.25) is 0 Å². The lowest BCUT2D eigenvalue weighted by atomic mass is 10.2. The average molecular weight is 385 g/mol. The number of nitrogens with zero attached hydrogens (tertiary/aromatic N) is 1. The van der Waals surface area contributed by atoms with Gasteiger partial charge in [0, 0.05) is 17.2 Å². The number of anilines is 1. The summed E-state index contributed by atoms with van der Waals surface area (Å²) in [5, 5.41) is 9.72. The first-order valence-electron chi connectivity index (χ1n) is 6.19. The molecule has 0 saturated heterocycles. The second-order valence-corrected chi connectivity index (χ2v) is 5.05. The van der Waals surface area contributed by atoms with Gasteiger partial charge in [0.05, 0.1) is 15.6 Å². The molecule has 0 aliphatic rings. The molecule has 0 saturated carbocycles. The van der Waals surface area contributed by atoms with Gasteiger partial charge < -0.3 is 5.73 Å². The minimum absolute atomic E-state index is 0.0532. The van der Waals surface area contributed by atoms with E-state index in [1.54, 1.807) is 0 Å². The lowest BCUT2D eigenvalue weighted by Crippen LogP contribution is -1.93. The molecule has 24 heavy (non-hydrogen) atoms. The summed E-state index contributed by atoms with van der Waals surface area (Å²) < 4.78 is 48.5. The molecule has 0 spiro atoms. The Kier molecular flexibility index (Phi) is 7.24. The van der Waals surface area contributed by atoms with Crippen molar-refractivity contribution in [1.29, 1.82) is 0 Å². The highest BCUT2D eigenvalue weighted by Crippen LogP contribution is 2.33. The number of rotatable bonds is 3. The predicted molar refractivity (Wildman–Crippen MR) is 83.9 cm³/mol. The minimum atomic E-state index is -2.80. The lowest BCUT2D eigenvalue weighted by Gasteiger charge is -2.03. The standard InChI is InChI=1S/C7H4ClF2NO2.C7H6ClF2N/c8-6-4(7(9)10)2-1-3-5(6)11(12)13;8-6-4(7(9)10)2-1-3-5(6)11/h1-3,7H;1-3,7H,11H2. The minimum Gasteiger partial charge on any atom is -0.398 e. The summed E-state index contributed by atoms with van der Waals surface area (Å²) in [5.74, 6) is 0. The highest BCUT2D eigenvalue weighted by atomic mass is 35.5. The first kappa shape index (κ1) is 20.0. The molecule has 2 N–H and O–H groups in total. The van der Waals surface area contributed by atoms with Crippen LogP contribution < -0.4 is 5.73 Å². The Bertz CT molecular complexity index is 730. The Hall–Kier alpha value is -2.06. The third-order valence-electron chi connectivity index (χ3n) is 2.73. The summed E-state index contributed by atoms with van der Waals surface area (Å²) in [4.78, 5) is 9.48. The molecular formula is C14H10Cl2F4N2O2. The van der Waals surface area contributed by atoms with Crippen LogP contribution in [0.15, 0.2) is 36.4 Å². The zero-order chi connectivity index (χ0) is 18.4. The third-order valence-corrected chi connectivity index (χ3v) is 3.58. The molecule has 0 unspecified atom stereocenters. The molecule has 0 aliphatic heterocycles. The number of alkyl halides is 4. The van der Waals surface area contributed by atoms with Crippen LogP contribution in [0.3, 0.4) is 0 Å². The molecule has 2 rings (SSSR count). The quantitative estimate of drug-likeness (QED) is 0.303. The summed E-state index contributed by atoms with van der Waals surface area (Å²) in [6.45, 7) is 0. The molecule has 4 nitrogen and oxygen atoms in total. The Labute approximate surface area is 143 Å². The number of hydrogen-bond acceptors (Lipinski definition) is 3. The van der Waals surface area contributed by atoms with Crippen molar-refractivity contribution >= 4 is 34.6 Å². The molecule has 0 fully saturated rings. The summed E-state index contributed by atoms with van der Waals surface area (Å²) in [6.07, 6.45) is -5.36. The predicted octanol–water partition coefficient (Wildman–Crippen LogP) is 6.05. The Morgan fingerprint density at radius 3 is 1.79 bits per heavy atom. The van der Waals surface area contributed by atoms with E-state index in [0.29, 0.717) is 0 Å². The van der Waals surface area contributed by atoms with E-state index in [4.69, 9.17) is 28.9 Å². The third kappa shape index (κ3) is 4.97. The van der Waals surface area contributed by atoms with Crippen LogP contribution in [0.25, 0.3) is 0 Å². The summed E-state index contributed by atoms with van der Waals surface area (Å²) in [5.41, 5.74) is 4.24. The Morgan fingerprint density at radius 2 is 1.38 bits per heavy atom. The molecule has 0 aliphatic carbocycles. The normalized spacial score (nSPS) is 10.5. The van der Waals surface area contributed by atoms with E-state index in [-0.39, 0.29) is 16.3 Å². The van der Waals surface area contributed by atoms with Crippen LogP contribution in [0.1, 0.15) is 24.0 Å². The second-order valence-electron chi connectivity index (χ2n) is 4.29. The van der Waals surface area contributed by atoms with Gasteiger partial charge in [-0.15, -0.1) is 0 Å². The topological polar surface area (TPSA) is 69.2 Å². The van der Waals surface area contributed by atoms with Gasteiger partial charge in [-0.05, 0) is 6.07 Å². The number of hydrogen-bond donors (Lipinski definition) is 1. The van der Waals surface area contributed by atoms with Gasteiger partial charge in [-0.1, -0.05) is 47.5 Å². The zero-order valence-electron chi connectivity index (χ0n) is 11.7. The van der Waals surface area contributed by atoms with Gasteiger partial charge in [0.15, 0.2) is 0 Å². The maximum absolute atomic E-state index is 12.2. The average Bonchev–Trinajstić information content (AvgIpc) is 2.50. The van der Waals surface area contributed by atoms with Crippen LogP contribution in [-0.4, -0.2) is 4.92 Å². The van der Waals surface area contributed by atoms with E-state index in [9.17, 15) is 27.7 Å². The van der Waals surface area contributed by atoms with Gasteiger partial charge in [-0.3, -0.25) is 10.1 Å². The molecule has 0 bridgehead atoms. The van der Waals surface area contributed by atoms with Gasteiger partial charge in [0.25, 0.3) is 18.5 Å². The molecule has 10 heteroatoms. The van der Waals surface area contributed by atoms with Crippen LogP contribution in [0.5, 0.6) is 0 Å². The molecule has 0 atom stereocenters. The van der Waals surface area contributed by atoms with E-state index < -0.39 is 34.0 Å². The van der Waals surface area contributed by atoms with Crippen molar-refractivity contribution in [3.8, 4) is 0 Å². The van der Waals surface area contributed by atoms with Crippen LogP contribution in [0.2, 0.25) is 10.0 Å². The maximum atomic E-state index is 12.2. The van der Waals surface area contributed by atoms with Gasteiger partial charge in [-0.2, -0.15) is 0 Å². The van der Waals surface area contributed by atoms with E-state index in [2.05, 4.69) is 0 Å². The van der Waals surface area contributed by atoms with E-state index in [1.165, 1.54) is 24.3 Å². The maximum Gasteiger partial charge on any atom is 0.288 e. The number of nitro benzene ring substituents is 1. The monoisotopic (exact) mass is 384 g/mol. The smallest absolute Gasteiger partial charge is 0.288 e. The van der Waals surface area contributed by atoms with Crippen molar-refractivity contribution in [2.75, 3.05) is 5.73 Å². The number of halogens is 6. The van der Waals surface area contributed by atoms with Crippen molar-refractivity contribution in [3.63, 3.8) is 0 Å². The number of nitrogen functional groups attached to an aromatic ring is 1. The van der Waals surface area contributed by atoms with E-state index in [1.807, 2.05) is 0 Å². The zero-order valence-corrected chi connectivity index (χ0v) is 13.2. The van der Waals surface area contributed by atoms with Crippen LogP contribution in [0, 0.1) is 10.1 Å². The number of benzene rings is 2. The fourth-order valence-corrected chi connectivity index (χ4v) is 2.07. The Balaban J connectivity index is 0.000000243. The molecule has 0 radical (unpaired) electrons. The highest BCUT2D eigenvalue weighted by molar-refractivity contribution is 6.34. The summed E-state index contributed by atoms with van der Waals surface area (Å²) in [7, 11) is 0.